The molecular formula is C26H41N3O15. The number of ether oxygens (including phenoxy) is 4. The average Bonchev–Trinajstić information content (AvgIpc) is 3.03. The molecule has 2 aliphatic heterocycles. The molecule has 1 aromatic heterocycles. The van der Waals surface area contributed by atoms with E-state index in [1.165, 1.54) is 0 Å². The lowest BCUT2D eigenvalue weighted by Gasteiger charge is -2.46. The van der Waals surface area contributed by atoms with Crippen molar-refractivity contribution >= 4 is 5.82 Å². The fourth-order valence-corrected chi connectivity index (χ4v) is 4.78. The summed E-state index contributed by atoms with van der Waals surface area (Å²) in [7, 11) is 0. The number of aliphatic hydroxyl groups excluding tert-OH is 11. The van der Waals surface area contributed by atoms with Crippen molar-refractivity contribution in [3.05, 3.63) is 23.9 Å². The van der Waals surface area contributed by atoms with Gasteiger partial charge in [-0.3, -0.25) is 0 Å². The van der Waals surface area contributed by atoms with Crippen LogP contribution in [0.25, 0.3) is 0 Å². The van der Waals surface area contributed by atoms with Crippen LogP contribution in [0.15, 0.2) is 18.2 Å². The van der Waals surface area contributed by atoms with Gasteiger partial charge in [0, 0.05) is 25.1 Å². The van der Waals surface area contributed by atoms with Gasteiger partial charge in [-0.25, -0.2) is 4.98 Å². The van der Waals surface area contributed by atoms with Crippen LogP contribution in [0, 0.1) is 11.3 Å². The van der Waals surface area contributed by atoms with Crippen LogP contribution in [-0.2, 0) is 25.4 Å². The number of nitrogens with zero attached hydrogens (tertiary/aromatic N) is 2. The van der Waals surface area contributed by atoms with Crippen LogP contribution in [0.4, 0.5) is 5.82 Å². The number of aliphatic hydroxyl groups is 11. The zero-order valence-corrected chi connectivity index (χ0v) is 23.5. The summed E-state index contributed by atoms with van der Waals surface area (Å²) >= 11 is 0. The largest absolute Gasteiger partial charge is 0.394 e. The Balaban J connectivity index is 1.67. The molecule has 0 spiro atoms. The first-order valence-corrected chi connectivity index (χ1v) is 13.9. The number of nitrogens with one attached hydrogen (secondary N) is 1. The maximum atomic E-state index is 10.8. The fraction of sp³-hybridized carbons (Fsp3) is 0.769. The highest BCUT2D eigenvalue weighted by atomic mass is 16.7. The minimum atomic E-state index is -2.00. The van der Waals surface area contributed by atoms with Crippen LogP contribution in [0.5, 0.6) is 0 Å². The van der Waals surface area contributed by atoms with Gasteiger partial charge in [-0.15, -0.1) is 0 Å². The van der Waals surface area contributed by atoms with Gasteiger partial charge in [0.2, 0.25) is 0 Å². The van der Waals surface area contributed by atoms with Gasteiger partial charge in [0.1, 0.15) is 73.0 Å². The first-order chi connectivity index (χ1) is 21.0. The van der Waals surface area contributed by atoms with E-state index in [1.807, 2.05) is 6.07 Å². The first-order valence-electron chi connectivity index (χ1n) is 13.9. The van der Waals surface area contributed by atoms with Crippen molar-refractivity contribution in [2.75, 3.05) is 31.7 Å². The van der Waals surface area contributed by atoms with E-state index in [0.717, 1.165) is 0 Å². The molecule has 0 saturated carbocycles. The van der Waals surface area contributed by atoms with E-state index >= 15 is 0 Å². The Labute approximate surface area is 251 Å². The molecule has 14 atom stereocenters. The van der Waals surface area contributed by atoms with Crippen molar-refractivity contribution in [1.29, 1.82) is 5.26 Å². The van der Waals surface area contributed by atoms with Crippen LogP contribution >= 0.6 is 0 Å². The minimum absolute atomic E-state index is 0.247. The SMILES string of the molecule is N#CCCc1cccc(NC[C@H](O)[C@@H](O)[C@H](O[C@H]2O[C@H](CO)[C@@H](O[C@H]3O[C@H](CO)[C@@H](O)[C@H](O)[C@H]3O)[C@H](O)[C@H]2O)[C@H](O)CO)n1. The minimum Gasteiger partial charge on any atom is -0.394 e. The second-order valence-corrected chi connectivity index (χ2v) is 10.5. The second-order valence-electron chi connectivity index (χ2n) is 10.5. The van der Waals surface area contributed by atoms with E-state index in [1.54, 1.807) is 18.2 Å². The van der Waals surface area contributed by atoms with Crippen LogP contribution in [0.2, 0.25) is 0 Å². The molecule has 2 fully saturated rings. The number of rotatable bonds is 15. The lowest BCUT2D eigenvalue weighted by Crippen LogP contribution is -2.65. The highest BCUT2D eigenvalue weighted by Crippen LogP contribution is 2.30. The van der Waals surface area contributed by atoms with Gasteiger partial charge in [-0.05, 0) is 12.1 Å². The Morgan fingerprint density at radius 2 is 1.52 bits per heavy atom. The van der Waals surface area contributed by atoms with Gasteiger partial charge >= 0.3 is 0 Å². The molecule has 3 rings (SSSR count). The maximum absolute atomic E-state index is 10.8. The zero-order chi connectivity index (χ0) is 32.6. The van der Waals surface area contributed by atoms with Gasteiger partial charge < -0.3 is 80.4 Å². The van der Waals surface area contributed by atoms with Crippen LogP contribution in [0.3, 0.4) is 0 Å². The third kappa shape index (κ3) is 8.76. The predicted molar refractivity (Wildman–Crippen MR) is 143 cm³/mol. The molecule has 250 valence electrons. The molecule has 0 amide bonds. The van der Waals surface area contributed by atoms with Gasteiger partial charge in [0.05, 0.1) is 32.0 Å². The summed E-state index contributed by atoms with van der Waals surface area (Å²) < 4.78 is 21.7. The van der Waals surface area contributed by atoms with E-state index in [0.29, 0.717) is 17.9 Å². The fourth-order valence-electron chi connectivity index (χ4n) is 4.78. The van der Waals surface area contributed by atoms with Crippen LogP contribution in [-0.4, -0.2) is 173 Å². The summed E-state index contributed by atoms with van der Waals surface area (Å²) in [5.41, 5.74) is 0.609. The molecule has 44 heavy (non-hydrogen) atoms. The smallest absolute Gasteiger partial charge is 0.187 e. The topological polar surface area (TPSA) is 308 Å². The molecule has 0 unspecified atom stereocenters. The van der Waals surface area contributed by atoms with Crippen LogP contribution < -0.4 is 5.32 Å². The summed E-state index contributed by atoms with van der Waals surface area (Å²) in [4.78, 5) is 4.28. The number of hydrogen-bond acceptors (Lipinski definition) is 18. The highest BCUT2D eigenvalue weighted by molar-refractivity contribution is 5.35. The van der Waals surface area contributed by atoms with Crippen molar-refractivity contribution in [3.63, 3.8) is 0 Å². The van der Waals surface area contributed by atoms with Crippen molar-refractivity contribution in [2.45, 2.75) is 98.7 Å². The Morgan fingerprint density at radius 1 is 0.864 bits per heavy atom. The standard InChI is InChI=1S/C26H41N3O15/c27-6-2-4-11-3-1-5-16(29-11)28-7-12(33)17(35)23(13(34)8-30)43-26-22(40)20(38)24(15(10-32)42-26)44-25-21(39)19(37)18(36)14(9-31)41-25/h1,3,5,12-15,17-26,30-40H,2,4,7-10H2,(H,28,29)/t12-,13+,14+,15+,17+,18+,19-,20+,21+,22+,23+,24+,25+,26+/m0/s1. The number of aryl methyl sites for hydroxylation is 1. The molecule has 1 aromatic rings. The molecule has 3 heterocycles. The van der Waals surface area contributed by atoms with Gasteiger partial charge in [-0.2, -0.15) is 5.26 Å². The predicted octanol–water partition coefficient (Wildman–Crippen LogP) is -5.97. The molecule has 2 aliphatic rings. The quantitative estimate of drug-likeness (QED) is 0.0853. The third-order valence-electron chi connectivity index (χ3n) is 7.34. The molecule has 0 bridgehead atoms. The summed E-state index contributed by atoms with van der Waals surface area (Å²) in [5, 5.41) is 124. The number of aromatic nitrogens is 1. The number of pyridine rings is 1. The number of hydrogen-bond donors (Lipinski definition) is 12. The Morgan fingerprint density at radius 3 is 2.16 bits per heavy atom. The van der Waals surface area contributed by atoms with Crippen molar-refractivity contribution in [3.8, 4) is 6.07 Å². The Kier molecular flexibility index (Phi) is 14.0. The molecule has 0 radical (unpaired) electrons. The molecule has 2 saturated heterocycles. The number of nitriles is 1. The van der Waals surface area contributed by atoms with E-state index in [-0.39, 0.29) is 13.0 Å². The Bertz CT molecular complexity index is 1050. The lowest BCUT2D eigenvalue weighted by molar-refractivity contribution is -0.367. The summed E-state index contributed by atoms with van der Waals surface area (Å²) in [6.45, 7) is -2.91. The van der Waals surface area contributed by atoms with Crippen LogP contribution in [0.1, 0.15) is 12.1 Å². The van der Waals surface area contributed by atoms with E-state index in [4.69, 9.17) is 24.2 Å². The Hall–Kier alpha value is -2.16. The first kappa shape index (κ1) is 36.3. The molecule has 12 N–H and O–H groups in total. The van der Waals surface area contributed by atoms with E-state index in [2.05, 4.69) is 10.3 Å². The van der Waals surface area contributed by atoms with E-state index < -0.39 is 106 Å². The van der Waals surface area contributed by atoms with E-state index in [9.17, 15) is 56.2 Å². The molecular weight excluding hydrogens is 594 g/mol. The summed E-state index contributed by atoms with van der Waals surface area (Å²) in [6, 6.07) is 6.97. The molecule has 18 heteroatoms. The monoisotopic (exact) mass is 635 g/mol. The summed E-state index contributed by atoms with van der Waals surface area (Å²) in [6.07, 6.45) is -23.9. The average molecular weight is 636 g/mol. The van der Waals surface area contributed by atoms with Gasteiger partial charge in [0.15, 0.2) is 12.6 Å². The van der Waals surface area contributed by atoms with Crippen molar-refractivity contribution < 1.29 is 75.1 Å². The van der Waals surface area contributed by atoms with Crippen molar-refractivity contribution in [1.82, 2.24) is 4.98 Å². The third-order valence-corrected chi connectivity index (χ3v) is 7.34. The summed E-state index contributed by atoms with van der Waals surface area (Å²) in [5.74, 6) is 0.317. The lowest BCUT2D eigenvalue weighted by atomic mass is 9.96. The second kappa shape index (κ2) is 17.0. The normalized spacial score (nSPS) is 35.3. The highest BCUT2D eigenvalue weighted by Gasteiger charge is 2.51. The van der Waals surface area contributed by atoms with Crippen molar-refractivity contribution in [2.24, 2.45) is 0 Å². The number of anilines is 1. The van der Waals surface area contributed by atoms with Gasteiger partial charge in [-0.1, -0.05) is 6.07 Å². The van der Waals surface area contributed by atoms with Gasteiger partial charge in [0.25, 0.3) is 0 Å². The maximum Gasteiger partial charge on any atom is 0.187 e. The zero-order valence-electron chi connectivity index (χ0n) is 23.5. The molecule has 0 aromatic carbocycles. The molecule has 18 nitrogen and oxygen atoms in total. The molecule has 0 aliphatic carbocycles.